The van der Waals surface area contributed by atoms with Crippen LogP contribution in [0.2, 0.25) is 25.7 Å². The van der Waals surface area contributed by atoms with E-state index in [2.05, 4.69) is 43.5 Å². The van der Waals surface area contributed by atoms with Gasteiger partial charge in [-0.1, -0.05) is 33.5 Å². The summed E-state index contributed by atoms with van der Waals surface area (Å²) in [5.41, 5.74) is 11.2. The normalized spacial score (nSPS) is 16.1. The van der Waals surface area contributed by atoms with Crippen molar-refractivity contribution in [2.75, 3.05) is 12.3 Å². The molecule has 40 heavy (non-hydrogen) atoms. The molecule has 3 aromatic rings. The molecule has 216 valence electrons. The topological polar surface area (TPSA) is 95.5 Å². The van der Waals surface area contributed by atoms with E-state index in [4.69, 9.17) is 15.2 Å². The number of hydrogen-bond acceptors (Lipinski definition) is 6. The number of ether oxygens (including phenoxy) is 2. The number of nitrogens with two attached hydrogens (primary N) is 1. The Morgan fingerprint density at radius 3 is 2.60 bits per heavy atom. The molecular formula is C30H42FN5O3Si. The first-order valence-corrected chi connectivity index (χ1v) is 18.1. The van der Waals surface area contributed by atoms with Gasteiger partial charge < -0.3 is 24.7 Å². The highest BCUT2D eigenvalue weighted by molar-refractivity contribution is 6.76. The lowest BCUT2D eigenvalue weighted by Crippen LogP contribution is -2.42. The van der Waals surface area contributed by atoms with E-state index in [0.29, 0.717) is 42.8 Å². The van der Waals surface area contributed by atoms with E-state index < -0.39 is 8.07 Å². The maximum atomic E-state index is 15.2. The number of nitrogens with zero attached hydrogens (tertiary/aromatic N) is 4. The largest absolute Gasteiger partial charge is 0.383 e. The molecule has 0 unspecified atom stereocenters. The Kier molecular flexibility index (Phi) is 8.05. The number of anilines is 1. The molecule has 10 heteroatoms. The van der Waals surface area contributed by atoms with Crippen LogP contribution in [0.5, 0.6) is 0 Å². The van der Waals surface area contributed by atoms with Crippen LogP contribution >= 0.6 is 0 Å². The van der Waals surface area contributed by atoms with Crippen molar-refractivity contribution < 1.29 is 18.7 Å². The summed E-state index contributed by atoms with van der Waals surface area (Å²) < 4.78 is 29.0. The summed E-state index contributed by atoms with van der Waals surface area (Å²) in [7, 11) is -1.29. The highest BCUT2D eigenvalue weighted by Gasteiger charge is 2.32. The molecule has 2 N–H and O–H groups in total. The van der Waals surface area contributed by atoms with Crippen molar-refractivity contribution in [1.29, 1.82) is 0 Å². The number of aromatic nitrogens is 3. The van der Waals surface area contributed by atoms with Gasteiger partial charge in [-0.15, -0.1) is 0 Å². The van der Waals surface area contributed by atoms with Gasteiger partial charge in [0.25, 0.3) is 5.91 Å². The second-order valence-corrected chi connectivity index (χ2v) is 18.5. The number of hydrogen-bond donors (Lipinski definition) is 1. The number of pyridine rings is 2. The van der Waals surface area contributed by atoms with Gasteiger partial charge in [0.15, 0.2) is 0 Å². The lowest BCUT2D eigenvalue weighted by molar-refractivity contribution is 0.0569. The van der Waals surface area contributed by atoms with Crippen LogP contribution in [-0.2, 0) is 36.0 Å². The van der Waals surface area contributed by atoms with Gasteiger partial charge in [-0.2, -0.15) is 0 Å². The first-order chi connectivity index (χ1) is 18.9. The van der Waals surface area contributed by atoms with Crippen molar-refractivity contribution in [2.24, 2.45) is 5.92 Å². The standard InChI is InChI=1S/C30H42FN5O3Si/c1-18(2)19(3)35(14-26-24(31)11-21(13-33-26)20-7-8-20)30(37)27-12-25-28(22-15-39-16-23(22)29(32)34-25)36(27)17-38-9-10-40(4,5)6/h11-13,18-20H,7-10,14-17H2,1-6H3,(H2,32,34)/t19-/m1/s1. The highest BCUT2D eigenvalue weighted by Crippen LogP contribution is 2.40. The summed E-state index contributed by atoms with van der Waals surface area (Å²) in [4.78, 5) is 25.2. The maximum Gasteiger partial charge on any atom is 0.271 e. The monoisotopic (exact) mass is 567 g/mol. The number of halogens is 1. The van der Waals surface area contributed by atoms with Crippen LogP contribution in [0.15, 0.2) is 18.3 Å². The summed E-state index contributed by atoms with van der Waals surface area (Å²) in [6, 6.07) is 4.22. The van der Waals surface area contributed by atoms with E-state index in [1.807, 2.05) is 11.5 Å². The van der Waals surface area contributed by atoms with Crippen LogP contribution in [0.1, 0.15) is 72.4 Å². The van der Waals surface area contributed by atoms with E-state index >= 15 is 4.39 Å². The molecule has 1 aliphatic carbocycles. The molecule has 5 rings (SSSR count). The second kappa shape index (κ2) is 11.2. The van der Waals surface area contributed by atoms with Gasteiger partial charge in [-0.25, -0.2) is 9.37 Å². The third kappa shape index (κ3) is 5.94. The zero-order valence-corrected chi connectivity index (χ0v) is 25.6. The van der Waals surface area contributed by atoms with Crippen LogP contribution in [0.3, 0.4) is 0 Å². The van der Waals surface area contributed by atoms with Crippen molar-refractivity contribution in [1.82, 2.24) is 19.4 Å². The van der Waals surface area contributed by atoms with Crippen molar-refractivity contribution >= 4 is 30.8 Å². The lowest BCUT2D eigenvalue weighted by Gasteiger charge is -2.32. The molecule has 8 nitrogen and oxygen atoms in total. The predicted molar refractivity (Wildman–Crippen MR) is 157 cm³/mol. The zero-order valence-electron chi connectivity index (χ0n) is 24.6. The fourth-order valence-corrected chi connectivity index (χ4v) is 5.91. The first-order valence-electron chi connectivity index (χ1n) is 14.4. The predicted octanol–water partition coefficient (Wildman–Crippen LogP) is 6.06. The number of amides is 1. The smallest absolute Gasteiger partial charge is 0.271 e. The van der Waals surface area contributed by atoms with Gasteiger partial charge >= 0.3 is 0 Å². The van der Waals surface area contributed by atoms with Crippen molar-refractivity contribution in [3.05, 3.63) is 52.2 Å². The molecule has 1 fully saturated rings. The van der Waals surface area contributed by atoms with Crippen molar-refractivity contribution in [3.8, 4) is 0 Å². The Balaban J connectivity index is 1.53. The van der Waals surface area contributed by atoms with Gasteiger partial charge in [-0.05, 0) is 55.3 Å². The maximum absolute atomic E-state index is 15.2. The molecular weight excluding hydrogens is 525 g/mol. The van der Waals surface area contributed by atoms with E-state index in [1.165, 1.54) is 0 Å². The number of carbonyl (C=O) groups is 1. The Morgan fingerprint density at radius 1 is 1.23 bits per heavy atom. The van der Waals surface area contributed by atoms with E-state index in [1.54, 1.807) is 23.2 Å². The van der Waals surface area contributed by atoms with Gasteiger partial charge in [0, 0.05) is 38.0 Å². The number of carbonyl (C=O) groups excluding carboxylic acids is 1. The molecule has 1 aliphatic heterocycles. The molecule has 3 aromatic heterocycles. The Hall–Kier alpha value is -2.82. The average molecular weight is 568 g/mol. The minimum atomic E-state index is -1.29. The van der Waals surface area contributed by atoms with Crippen LogP contribution in [0.4, 0.5) is 10.2 Å². The van der Waals surface area contributed by atoms with Gasteiger partial charge in [0.1, 0.15) is 24.1 Å². The summed E-state index contributed by atoms with van der Waals surface area (Å²) in [5.74, 6) is 0.399. The van der Waals surface area contributed by atoms with Crippen LogP contribution in [0, 0.1) is 11.7 Å². The molecule has 1 amide bonds. The Morgan fingerprint density at radius 2 is 1.95 bits per heavy atom. The summed E-state index contributed by atoms with van der Waals surface area (Å²) in [6.07, 6.45) is 3.92. The lowest BCUT2D eigenvalue weighted by atomic mass is 10.0. The fraction of sp³-hybridized carbons (Fsp3) is 0.567. The molecule has 0 spiro atoms. The molecule has 2 aliphatic rings. The van der Waals surface area contributed by atoms with Crippen LogP contribution in [-0.4, -0.2) is 46.1 Å². The highest BCUT2D eigenvalue weighted by atomic mass is 28.3. The molecule has 1 saturated carbocycles. The Bertz CT molecular complexity index is 1410. The van der Waals surface area contributed by atoms with Crippen molar-refractivity contribution in [2.45, 2.75) is 97.7 Å². The number of rotatable bonds is 11. The summed E-state index contributed by atoms with van der Waals surface area (Å²) >= 11 is 0. The second-order valence-electron chi connectivity index (χ2n) is 12.9. The number of nitrogen functional groups attached to an aromatic ring is 1. The van der Waals surface area contributed by atoms with E-state index in [-0.39, 0.29) is 42.7 Å². The Labute approximate surface area is 237 Å². The molecule has 4 heterocycles. The number of fused-ring (bicyclic) bond motifs is 3. The molecule has 0 saturated heterocycles. The van der Waals surface area contributed by atoms with E-state index in [0.717, 1.165) is 41.1 Å². The minimum Gasteiger partial charge on any atom is -0.383 e. The van der Waals surface area contributed by atoms with Gasteiger partial charge in [-0.3, -0.25) is 9.78 Å². The molecule has 0 aromatic carbocycles. The first kappa shape index (κ1) is 28.7. The van der Waals surface area contributed by atoms with Gasteiger partial charge in [0.2, 0.25) is 0 Å². The SMILES string of the molecule is CC(C)[C@@H](C)N(Cc1ncc(C2CC2)cc1F)C(=O)c1cc2nc(N)c3c(c2n1COCC[Si](C)(C)C)COC3. The zero-order chi connectivity index (χ0) is 28.8. The van der Waals surface area contributed by atoms with Gasteiger partial charge in [0.05, 0.1) is 36.5 Å². The van der Waals surface area contributed by atoms with Crippen molar-refractivity contribution in [3.63, 3.8) is 0 Å². The third-order valence-corrected chi connectivity index (χ3v) is 9.93. The van der Waals surface area contributed by atoms with Crippen LogP contribution in [0.25, 0.3) is 11.0 Å². The molecule has 0 bridgehead atoms. The fourth-order valence-electron chi connectivity index (χ4n) is 5.16. The summed E-state index contributed by atoms with van der Waals surface area (Å²) in [6.45, 7) is 14.7. The third-order valence-electron chi connectivity index (χ3n) is 8.23. The van der Waals surface area contributed by atoms with E-state index in [9.17, 15) is 4.79 Å². The average Bonchev–Trinajstić information content (AvgIpc) is 3.50. The summed E-state index contributed by atoms with van der Waals surface area (Å²) in [5, 5.41) is 0. The molecule has 0 radical (unpaired) electrons. The quantitative estimate of drug-likeness (QED) is 0.224. The van der Waals surface area contributed by atoms with Crippen LogP contribution < -0.4 is 5.73 Å². The minimum absolute atomic E-state index is 0.0732. The molecule has 1 atom stereocenters.